The summed E-state index contributed by atoms with van der Waals surface area (Å²) in [5, 5.41) is 15.4. The van der Waals surface area contributed by atoms with Crippen LogP contribution in [0.3, 0.4) is 0 Å². The van der Waals surface area contributed by atoms with Crippen molar-refractivity contribution in [2.75, 3.05) is 7.11 Å². The molecular weight excluding hydrogens is 367 g/mol. The van der Waals surface area contributed by atoms with Crippen molar-refractivity contribution in [2.24, 2.45) is 5.41 Å². The monoisotopic (exact) mass is 392 g/mol. The quantitative estimate of drug-likeness (QED) is 0.656. The number of aliphatic hydroxyl groups is 1. The summed E-state index contributed by atoms with van der Waals surface area (Å²) < 4.78 is 20.4. The summed E-state index contributed by atoms with van der Waals surface area (Å²) in [6.07, 6.45) is 4.80. The molecule has 1 heterocycles. The molecule has 0 radical (unpaired) electrons. The number of nitrogens with zero attached hydrogens (tertiary/aromatic N) is 2. The summed E-state index contributed by atoms with van der Waals surface area (Å²) in [5.41, 5.74) is 4.83. The summed E-state index contributed by atoms with van der Waals surface area (Å²) in [6, 6.07) is 13.9. The molecule has 1 aromatic heterocycles. The highest BCUT2D eigenvalue weighted by atomic mass is 19.1. The van der Waals surface area contributed by atoms with Gasteiger partial charge in [-0.25, -0.2) is 9.07 Å². The highest BCUT2D eigenvalue weighted by Crippen LogP contribution is 2.44. The van der Waals surface area contributed by atoms with Gasteiger partial charge < -0.3 is 9.84 Å². The molecule has 0 bridgehead atoms. The lowest BCUT2D eigenvalue weighted by Crippen LogP contribution is -2.27. The topological polar surface area (TPSA) is 47.3 Å². The molecule has 1 unspecified atom stereocenters. The first-order valence-corrected chi connectivity index (χ1v) is 9.73. The summed E-state index contributed by atoms with van der Waals surface area (Å²) in [4.78, 5) is 0. The van der Waals surface area contributed by atoms with Crippen LogP contribution in [-0.2, 0) is 6.42 Å². The zero-order valence-corrected chi connectivity index (χ0v) is 16.9. The van der Waals surface area contributed by atoms with Crippen molar-refractivity contribution in [1.29, 1.82) is 0 Å². The predicted molar refractivity (Wildman–Crippen MR) is 112 cm³/mol. The Labute approximate surface area is 170 Å². The Morgan fingerprint density at radius 2 is 2.00 bits per heavy atom. The lowest BCUT2D eigenvalue weighted by molar-refractivity contribution is 0.121. The van der Waals surface area contributed by atoms with E-state index in [1.807, 2.05) is 35.1 Å². The van der Waals surface area contributed by atoms with E-state index in [9.17, 15) is 9.50 Å². The van der Waals surface area contributed by atoms with Crippen LogP contribution in [0.1, 0.15) is 43.2 Å². The van der Waals surface area contributed by atoms with Crippen LogP contribution in [0.2, 0.25) is 0 Å². The lowest BCUT2D eigenvalue weighted by Gasteiger charge is -2.36. The van der Waals surface area contributed by atoms with E-state index >= 15 is 0 Å². The zero-order valence-electron chi connectivity index (χ0n) is 16.9. The number of methoxy groups -OCH3 is 1. The fourth-order valence-corrected chi connectivity index (χ4v) is 4.04. The number of fused-ring (bicyclic) bond motifs is 1. The van der Waals surface area contributed by atoms with Gasteiger partial charge >= 0.3 is 0 Å². The summed E-state index contributed by atoms with van der Waals surface area (Å²) in [6.45, 7) is 4.28. The van der Waals surface area contributed by atoms with Crippen LogP contribution in [0.25, 0.3) is 11.8 Å². The van der Waals surface area contributed by atoms with E-state index in [0.717, 1.165) is 34.7 Å². The molecule has 1 N–H and O–H groups in total. The Hall–Kier alpha value is -2.92. The SMILES string of the molecule is COc1cccc(C(O)C[C@]2(C)Cc3cnn(-c4ccc(F)cc4)c3C=C2C)c1. The van der Waals surface area contributed by atoms with Crippen molar-refractivity contribution >= 4 is 6.08 Å². The van der Waals surface area contributed by atoms with E-state index in [4.69, 9.17) is 4.74 Å². The Kier molecular flexibility index (Phi) is 5.01. The molecule has 0 saturated heterocycles. The van der Waals surface area contributed by atoms with Crippen molar-refractivity contribution in [3.63, 3.8) is 0 Å². The molecule has 3 aromatic rings. The number of rotatable bonds is 5. The molecule has 1 aliphatic rings. The first-order chi connectivity index (χ1) is 13.9. The average Bonchev–Trinajstić information content (AvgIpc) is 3.11. The number of hydrogen-bond donors (Lipinski definition) is 1. The van der Waals surface area contributed by atoms with E-state index in [2.05, 4.69) is 25.0 Å². The molecule has 29 heavy (non-hydrogen) atoms. The maximum Gasteiger partial charge on any atom is 0.123 e. The number of benzene rings is 2. The molecule has 0 fully saturated rings. The standard InChI is InChI=1S/C24H25FN2O2/c1-16-11-22-18(15-26-27(22)20-9-7-19(25)8-10-20)13-24(16,2)14-23(28)17-5-4-6-21(12-17)29-3/h4-12,15,23,28H,13-14H2,1-3H3/t23?,24-/m0/s1. The van der Waals surface area contributed by atoms with Crippen LogP contribution in [-0.4, -0.2) is 22.0 Å². The Morgan fingerprint density at radius 3 is 2.72 bits per heavy atom. The lowest BCUT2D eigenvalue weighted by atomic mass is 9.70. The van der Waals surface area contributed by atoms with Crippen LogP contribution in [0.5, 0.6) is 5.75 Å². The summed E-state index contributed by atoms with van der Waals surface area (Å²) >= 11 is 0. The summed E-state index contributed by atoms with van der Waals surface area (Å²) in [5.74, 6) is 0.478. The maximum atomic E-state index is 13.3. The second kappa shape index (κ2) is 7.48. The molecule has 0 amide bonds. The maximum absolute atomic E-state index is 13.3. The second-order valence-electron chi connectivity index (χ2n) is 8.00. The molecule has 150 valence electrons. The van der Waals surface area contributed by atoms with Gasteiger partial charge in [0.2, 0.25) is 0 Å². The van der Waals surface area contributed by atoms with Crippen molar-refractivity contribution in [3.05, 3.63) is 82.9 Å². The van der Waals surface area contributed by atoms with Gasteiger partial charge in [-0.3, -0.25) is 0 Å². The zero-order chi connectivity index (χ0) is 20.6. The molecule has 0 spiro atoms. The van der Waals surface area contributed by atoms with Gasteiger partial charge in [0, 0.05) is 0 Å². The number of aromatic nitrogens is 2. The predicted octanol–water partition coefficient (Wildman–Crippen LogP) is 5.11. The van der Waals surface area contributed by atoms with Crippen LogP contribution in [0.15, 0.2) is 60.3 Å². The van der Waals surface area contributed by atoms with Gasteiger partial charge in [-0.1, -0.05) is 24.6 Å². The minimum Gasteiger partial charge on any atom is -0.497 e. The molecule has 1 aliphatic carbocycles. The molecule has 2 aromatic carbocycles. The van der Waals surface area contributed by atoms with Crippen LogP contribution in [0, 0.1) is 11.2 Å². The smallest absolute Gasteiger partial charge is 0.123 e. The molecule has 4 nitrogen and oxygen atoms in total. The third-order valence-electron chi connectivity index (χ3n) is 5.97. The number of halogens is 1. The van der Waals surface area contributed by atoms with Crippen LogP contribution < -0.4 is 4.74 Å². The normalized spacial score (nSPS) is 19.4. The van der Waals surface area contributed by atoms with E-state index in [-0.39, 0.29) is 11.2 Å². The fourth-order valence-electron chi connectivity index (χ4n) is 4.04. The minimum atomic E-state index is -0.591. The molecule has 0 saturated carbocycles. The van der Waals surface area contributed by atoms with Gasteiger partial charge in [-0.15, -0.1) is 0 Å². The van der Waals surface area contributed by atoms with Crippen molar-refractivity contribution in [1.82, 2.24) is 9.78 Å². The number of aliphatic hydroxyl groups excluding tert-OH is 1. The van der Waals surface area contributed by atoms with E-state index < -0.39 is 6.10 Å². The Morgan fingerprint density at radius 1 is 1.24 bits per heavy atom. The van der Waals surface area contributed by atoms with Crippen molar-refractivity contribution in [3.8, 4) is 11.4 Å². The molecule has 4 rings (SSSR count). The average molecular weight is 392 g/mol. The van der Waals surface area contributed by atoms with Gasteiger partial charge in [0.15, 0.2) is 0 Å². The molecule has 2 atom stereocenters. The minimum absolute atomic E-state index is 0.188. The summed E-state index contributed by atoms with van der Waals surface area (Å²) in [7, 11) is 1.63. The van der Waals surface area contributed by atoms with E-state index in [0.29, 0.717) is 6.42 Å². The van der Waals surface area contributed by atoms with Crippen molar-refractivity contribution < 1.29 is 14.2 Å². The van der Waals surface area contributed by atoms with Gasteiger partial charge in [-0.05, 0) is 78.8 Å². The Balaban J connectivity index is 1.61. The van der Waals surface area contributed by atoms with Gasteiger partial charge in [0.1, 0.15) is 11.6 Å². The van der Waals surface area contributed by atoms with Gasteiger partial charge in [-0.2, -0.15) is 5.10 Å². The Bertz CT molecular complexity index is 1050. The first kappa shape index (κ1) is 19.4. The third-order valence-corrected chi connectivity index (χ3v) is 5.97. The van der Waals surface area contributed by atoms with Gasteiger partial charge in [0.05, 0.1) is 30.8 Å². The highest BCUT2D eigenvalue weighted by Gasteiger charge is 2.35. The van der Waals surface area contributed by atoms with Crippen molar-refractivity contribution in [2.45, 2.75) is 32.8 Å². The van der Waals surface area contributed by atoms with E-state index in [1.165, 1.54) is 17.7 Å². The second-order valence-corrected chi connectivity index (χ2v) is 8.00. The first-order valence-electron chi connectivity index (χ1n) is 9.73. The number of ether oxygens (including phenoxy) is 1. The third kappa shape index (κ3) is 3.70. The largest absolute Gasteiger partial charge is 0.497 e. The number of hydrogen-bond acceptors (Lipinski definition) is 3. The van der Waals surface area contributed by atoms with Crippen LogP contribution in [0.4, 0.5) is 4.39 Å². The van der Waals surface area contributed by atoms with Crippen LogP contribution >= 0.6 is 0 Å². The molecular formula is C24H25FN2O2. The highest BCUT2D eigenvalue weighted by molar-refractivity contribution is 5.60. The van der Waals surface area contributed by atoms with E-state index in [1.54, 1.807) is 19.2 Å². The fraction of sp³-hybridized carbons (Fsp3) is 0.292. The number of allylic oxidation sites excluding steroid dienone is 1. The van der Waals surface area contributed by atoms with Gasteiger partial charge in [0.25, 0.3) is 0 Å². The molecule has 5 heteroatoms. The molecule has 0 aliphatic heterocycles.